The molecule has 28 heavy (non-hydrogen) atoms. The summed E-state index contributed by atoms with van der Waals surface area (Å²) >= 11 is 1.75. The number of aryl methyl sites for hydroxylation is 1. The second-order valence-corrected chi connectivity index (χ2v) is 8.66. The van der Waals surface area contributed by atoms with Gasteiger partial charge in [-0.05, 0) is 56.3 Å². The monoisotopic (exact) mass is 398 g/mol. The molecule has 0 aromatic carbocycles. The molecule has 0 bridgehead atoms. The van der Waals surface area contributed by atoms with Crippen molar-refractivity contribution in [3.63, 3.8) is 0 Å². The number of likely N-dealkylation sites (tertiary alicyclic amines) is 1. The molecule has 1 aliphatic heterocycles. The van der Waals surface area contributed by atoms with Gasteiger partial charge in [0.2, 0.25) is 0 Å². The molecular weight excluding hydrogens is 372 g/mol. The highest BCUT2D eigenvalue weighted by Crippen LogP contribution is 2.29. The third-order valence-corrected chi connectivity index (χ3v) is 6.36. The lowest BCUT2D eigenvalue weighted by molar-refractivity contribution is 0.0940. The lowest BCUT2D eigenvalue weighted by Crippen LogP contribution is -2.36. The number of nitrogens with zero attached hydrogens (tertiary/aromatic N) is 3. The summed E-state index contributed by atoms with van der Waals surface area (Å²) in [6.07, 6.45) is 2.44. The number of amides is 1. The Balaban J connectivity index is 1.60. The number of fused-ring (bicyclic) bond motifs is 1. The van der Waals surface area contributed by atoms with E-state index in [0.29, 0.717) is 28.9 Å². The van der Waals surface area contributed by atoms with Crippen LogP contribution in [0.5, 0.6) is 0 Å². The second kappa shape index (κ2) is 8.01. The van der Waals surface area contributed by atoms with Crippen LogP contribution < -0.4 is 5.32 Å². The van der Waals surface area contributed by atoms with Gasteiger partial charge in [0.15, 0.2) is 0 Å². The Morgan fingerprint density at radius 2 is 2.14 bits per heavy atom. The number of rotatable bonds is 6. The smallest absolute Gasteiger partial charge is 0.259 e. The third-order valence-electron chi connectivity index (χ3n) is 5.38. The number of aromatic nitrogens is 2. The van der Waals surface area contributed by atoms with Gasteiger partial charge in [0, 0.05) is 17.1 Å². The molecule has 0 aliphatic carbocycles. The number of hydrogen-bond donors (Lipinski definition) is 1. The maximum absolute atomic E-state index is 13.1. The molecule has 1 fully saturated rings. The van der Waals surface area contributed by atoms with Gasteiger partial charge in [-0.25, -0.2) is 4.98 Å². The number of carbonyl (C=O) groups excluding carboxylic acids is 1. The van der Waals surface area contributed by atoms with Gasteiger partial charge in [0.25, 0.3) is 11.6 Å². The Bertz CT molecular complexity index is 958. The van der Waals surface area contributed by atoms with Crippen molar-refractivity contribution in [2.45, 2.75) is 45.6 Å². The van der Waals surface area contributed by atoms with Crippen molar-refractivity contribution in [3.05, 3.63) is 45.4 Å². The molecule has 3 aromatic heterocycles. The van der Waals surface area contributed by atoms with Gasteiger partial charge in [-0.3, -0.25) is 9.69 Å². The first kappa shape index (κ1) is 19.1. The topological polar surface area (TPSA) is 71.3 Å². The molecular formula is C21H26N4O2S. The highest BCUT2D eigenvalue weighted by Gasteiger charge is 2.26. The molecule has 1 saturated heterocycles. The standard InChI is InChI=1S/C21H26N4O2S/c1-13(2)16-11-15(19-14(3)24-27-21(19)23-16)20(26)22-12-17(18-7-6-10-28-18)25-8-4-5-9-25/h6-7,10-11,13,17H,4-5,8-9,12H2,1-3H3,(H,22,26). The fourth-order valence-corrected chi connectivity index (χ4v) is 4.68. The minimum atomic E-state index is -0.0960. The summed E-state index contributed by atoms with van der Waals surface area (Å²) in [6, 6.07) is 6.33. The molecule has 0 radical (unpaired) electrons. The van der Waals surface area contributed by atoms with Crippen molar-refractivity contribution in [1.29, 1.82) is 0 Å². The number of nitrogens with one attached hydrogen (secondary N) is 1. The number of hydrogen-bond acceptors (Lipinski definition) is 6. The third kappa shape index (κ3) is 3.69. The fraction of sp³-hybridized carbons (Fsp3) is 0.476. The van der Waals surface area contributed by atoms with E-state index in [0.717, 1.165) is 18.8 Å². The van der Waals surface area contributed by atoms with Crippen LogP contribution in [0.2, 0.25) is 0 Å². The van der Waals surface area contributed by atoms with E-state index < -0.39 is 0 Å². The number of pyridine rings is 1. The summed E-state index contributed by atoms with van der Waals surface area (Å²) in [5.41, 5.74) is 2.56. The first-order valence-corrected chi connectivity index (χ1v) is 10.7. The van der Waals surface area contributed by atoms with Crippen LogP contribution in [0.1, 0.15) is 65.3 Å². The lowest BCUT2D eigenvalue weighted by Gasteiger charge is -2.27. The van der Waals surface area contributed by atoms with E-state index in [1.54, 1.807) is 11.3 Å². The van der Waals surface area contributed by atoms with E-state index in [1.165, 1.54) is 17.7 Å². The molecule has 7 heteroatoms. The van der Waals surface area contributed by atoms with Crippen molar-refractivity contribution in [1.82, 2.24) is 20.4 Å². The normalized spacial score (nSPS) is 16.1. The van der Waals surface area contributed by atoms with Gasteiger partial charge in [0.05, 0.1) is 22.7 Å². The summed E-state index contributed by atoms with van der Waals surface area (Å²) in [5, 5.41) is 9.99. The fourth-order valence-electron chi connectivity index (χ4n) is 3.82. The summed E-state index contributed by atoms with van der Waals surface area (Å²) in [5.74, 6) is 0.103. The van der Waals surface area contributed by atoms with E-state index >= 15 is 0 Å². The van der Waals surface area contributed by atoms with Gasteiger partial charge in [0.1, 0.15) is 0 Å². The van der Waals surface area contributed by atoms with Crippen LogP contribution in [0.15, 0.2) is 28.1 Å². The Hall–Kier alpha value is -2.25. The largest absolute Gasteiger partial charge is 0.350 e. The van der Waals surface area contributed by atoms with E-state index in [4.69, 9.17) is 4.52 Å². The molecule has 0 saturated carbocycles. The average molecular weight is 399 g/mol. The van der Waals surface area contributed by atoms with Gasteiger partial charge in [-0.1, -0.05) is 25.1 Å². The molecule has 4 heterocycles. The Morgan fingerprint density at radius 3 is 2.82 bits per heavy atom. The average Bonchev–Trinajstić information content (AvgIpc) is 3.44. The molecule has 1 unspecified atom stereocenters. The molecule has 6 nitrogen and oxygen atoms in total. The van der Waals surface area contributed by atoms with Crippen LogP contribution in [-0.4, -0.2) is 40.6 Å². The number of thiophene rings is 1. The number of carbonyl (C=O) groups is 1. The van der Waals surface area contributed by atoms with Crippen LogP contribution in [0.3, 0.4) is 0 Å². The molecule has 1 aliphatic rings. The van der Waals surface area contributed by atoms with E-state index in [2.05, 4.69) is 51.7 Å². The Morgan fingerprint density at radius 1 is 1.36 bits per heavy atom. The summed E-state index contributed by atoms with van der Waals surface area (Å²) in [4.78, 5) is 21.4. The van der Waals surface area contributed by atoms with Crippen LogP contribution in [0.25, 0.3) is 11.1 Å². The van der Waals surface area contributed by atoms with Crippen molar-refractivity contribution >= 4 is 28.3 Å². The van der Waals surface area contributed by atoms with Crippen LogP contribution in [-0.2, 0) is 0 Å². The van der Waals surface area contributed by atoms with Crippen molar-refractivity contribution in [2.24, 2.45) is 0 Å². The Kier molecular flexibility index (Phi) is 5.46. The molecule has 1 amide bonds. The molecule has 3 aromatic rings. The van der Waals surface area contributed by atoms with E-state index in [-0.39, 0.29) is 17.9 Å². The zero-order chi connectivity index (χ0) is 19.7. The van der Waals surface area contributed by atoms with Gasteiger partial charge < -0.3 is 9.84 Å². The minimum absolute atomic E-state index is 0.0960. The van der Waals surface area contributed by atoms with Crippen LogP contribution in [0.4, 0.5) is 0 Å². The van der Waals surface area contributed by atoms with Crippen LogP contribution in [0, 0.1) is 6.92 Å². The Labute approximate surface area is 168 Å². The van der Waals surface area contributed by atoms with Crippen LogP contribution >= 0.6 is 11.3 Å². The van der Waals surface area contributed by atoms with Crippen molar-refractivity contribution < 1.29 is 9.32 Å². The first-order chi connectivity index (χ1) is 13.5. The quantitative estimate of drug-likeness (QED) is 0.671. The molecule has 4 rings (SSSR count). The SMILES string of the molecule is Cc1noc2nc(C(C)C)cc(C(=O)NCC(c3cccs3)N3CCCC3)c12. The van der Waals surface area contributed by atoms with Crippen molar-refractivity contribution in [3.8, 4) is 0 Å². The summed E-state index contributed by atoms with van der Waals surface area (Å²) < 4.78 is 5.35. The molecule has 0 spiro atoms. The van der Waals surface area contributed by atoms with E-state index in [9.17, 15) is 4.79 Å². The highest BCUT2D eigenvalue weighted by molar-refractivity contribution is 7.10. The lowest BCUT2D eigenvalue weighted by atomic mass is 10.0. The molecule has 148 valence electrons. The van der Waals surface area contributed by atoms with Gasteiger partial charge >= 0.3 is 0 Å². The first-order valence-electron chi connectivity index (χ1n) is 9.87. The summed E-state index contributed by atoms with van der Waals surface area (Å²) in [7, 11) is 0. The zero-order valence-corrected chi connectivity index (χ0v) is 17.4. The predicted octanol–water partition coefficient (Wildman–Crippen LogP) is 4.28. The molecule has 1 N–H and O–H groups in total. The minimum Gasteiger partial charge on any atom is -0.350 e. The predicted molar refractivity (Wildman–Crippen MR) is 111 cm³/mol. The van der Waals surface area contributed by atoms with Gasteiger partial charge in [-0.2, -0.15) is 0 Å². The molecule has 1 atom stereocenters. The second-order valence-electron chi connectivity index (χ2n) is 7.68. The maximum atomic E-state index is 13.1. The summed E-state index contributed by atoms with van der Waals surface area (Å²) in [6.45, 7) is 8.71. The van der Waals surface area contributed by atoms with E-state index in [1.807, 2.05) is 13.0 Å². The van der Waals surface area contributed by atoms with Crippen molar-refractivity contribution in [2.75, 3.05) is 19.6 Å². The highest BCUT2D eigenvalue weighted by atomic mass is 32.1. The maximum Gasteiger partial charge on any atom is 0.259 e. The van der Waals surface area contributed by atoms with Gasteiger partial charge in [-0.15, -0.1) is 11.3 Å². The zero-order valence-electron chi connectivity index (χ0n) is 16.6.